The summed E-state index contributed by atoms with van der Waals surface area (Å²) in [6.45, 7) is 6.57. The normalized spacial score (nSPS) is 16.6. The second-order valence-corrected chi connectivity index (χ2v) is 6.38. The van der Waals surface area contributed by atoms with E-state index in [-0.39, 0.29) is 11.9 Å². The largest absolute Gasteiger partial charge is 0.466 e. The van der Waals surface area contributed by atoms with Gasteiger partial charge >= 0.3 is 5.97 Å². The standard InChI is InChI=1S/C11H20O2.C10H16O/c1-3-13-11(12)9(2)10-7-5-4-6-8-10;1-2-3-4-5-6-7-8-9-10-11/h9-10H,3-8H2,1-2H3;6-10H,2-5H2,1H3/b;7-6+,9-8+. The molecule has 0 heterocycles. The van der Waals surface area contributed by atoms with Crippen LogP contribution in [0, 0.1) is 11.8 Å². The number of ether oxygens (including phenoxy) is 1. The molecule has 1 unspecified atom stereocenters. The van der Waals surface area contributed by atoms with Gasteiger partial charge in [-0.2, -0.15) is 0 Å². The van der Waals surface area contributed by atoms with Gasteiger partial charge in [0.1, 0.15) is 6.29 Å². The topological polar surface area (TPSA) is 43.4 Å². The van der Waals surface area contributed by atoms with Crippen LogP contribution in [0.25, 0.3) is 0 Å². The van der Waals surface area contributed by atoms with Gasteiger partial charge in [-0.25, -0.2) is 0 Å². The lowest BCUT2D eigenvalue weighted by Gasteiger charge is -2.25. The Hall–Kier alpha value is -1.38. The van der Waals surface area contributed by atoms with Gasteiger partial charge in [-0.05, 0) is 44.6 Å². The van der Waals surface area contributed by atoms with E-state index in [0.717, 1.165) is 12.7 Å². The van der Waals surface area contributed by atoms with Crippen molar-refractivity contribution in [3.8, 4) is 0 Å². The molecule has 0 spiro atoms. The number of carbonyl (C=O) groups excluding carboxylic acids is 2. The molecule has 1 aliphatic rings. The van der Waals surface area contributed by atoms with E-state index in [1.807, 2.05) is 19.9 Å². The molecule has 1 fully saturated rings. The molecule has 0 radical (unpaired) electrons. The van der Waals surface area contributed by atoms with Gasteiger partial charge in [-0.1, -0.05) is 64.2 Å². The maximum absolute atomic E-state index is 11.4. The van der Waals surface area contributed by atoms with Crippen molar-refractivity contribution in [3.05, 3.63) is 24.3 Å². The summed E-state index contributed by atoms with van der Waals surface area (Å²) in [5.74, 6) is 0.683. The van der Waals surface area contributed by atoms with E-state index in [2.05, 4.69) is 13.0 Å². The van der Waals surface area contributed by atoms with Crippen LogP contribution in [0.1, 0.15) is 78.6 Å². The number of unbranched alkanes of at least 4 members (excludes halogenated alkanes) is 3. The zero-order valence-corrected chi connectivity index (χ0v) is 15.8. The molecule has 1 atom stereocenters. The summed E-state index contributed by atoms with van der Waals surface area (Å²) < 4.78 is 5.02. The fourth-order valence-corrected chi connectivity index (χ4v) is 2.90. The molecule has 3 heteroatoms. The van der Waals surface area contributed by atoms with E-state index in [9.17, 15) is 9.59 Å². The number of esters is 1. The summed E-state index contributed by atoms with van der Waals surface area (Å²) in [5.41, 5.74) is 0. The number of hydrogen-bond acceptors (Lipinski definition) is 3. The van der Waals surface area contributed by atoms with Gasteiger partial charge in [0.05, 0.1) is 12.5 Å². The lowest BCUT2D eigenvalue weighted by atomic mass is 9.81. The summed E-state index contributed by atoms with van der Waals surface area (Å²) in [6, 6.07) is 0. The highest BCUT2D eigenvalue weighted by Crippen LogP contribution is 2.30. The van der Waals surface area contributed by atoms with Crippen molar-refractivity contribution in [2.75, 3.05) is 6.61 Å². The summed E-state index contributed by atoms with van der Waals surface area (Å²) in [6.07, 6.45) is 19.3. The Labute approximate surface area is 148 Å². The highest BCUT2D eigenvalue weighted by atomic mass is 16.5. The van der Waals surface area contributed by atoms with Crippen molar-refractivity contribution in [1.82, 2.24) is 0 Å². The van der Waals surface area contributed by atoms with Crippen LogP contribution in [-0.4, -0.2) is 18.9 Å². The van der Waals surface area contributed by atoms with Gasteiger partial charge in [-0.3, -0.25) is 9.59 Å². The fourth-order valence-electron chi connectivity index (χ4n) is 2.90. The maximum Gasteiger partial charge on any atom is 0.308 e. The zero-order chi connectivity index (χ0) is 18.0. The molecule has 138 valence electrons. The Balaban J connectivity index is 0.000000449. The number of aldehydes is 1. The predicted octanol–water partition coefficient (Wildman–Crippen LogP) is 5.64. The molecule has 0 N–H and O–H groups in total. The van der Waals surface area contributed by atoms with Crippen LogP contribution in [0.4, 0.5) is 0 Å². The van der Waals surface area contributed by atoms with Gasteiger partial charge in [0.15, 0.2) is 0 Å². The Bertz CT molecular complexity index is 365. The van der Waals surface area contributed by atoms with Gasteiger partial charge in [0.25, 0.3) is 0 Å². The lowest BCUT2D eigenvalue weighted by molar-refractivity contribution is -0.149. The van der Waals surface area contributed by atoms with Crippen LogP contribution < -0.4 is 0 Å². The molecule has 1 aliphatic carbocycles. The first-order valence-electron chi connectivity index (χ1n) is 9.60. The Morgan fingerprint density at radius 1 is 1.08 bits per heavy atom. The first-order chi connectivity index (χ1) is 11.7. The fraction of sp³-hybridized carbons (Fsp3) is 0.714. The smallest absolute Gasteiger partial charge is 0.308 e. The van der Waals surface area contributed by atoms with Crippen LogP contribution >= 0.6 is 0 Å². The minimum Gasteiger partial charge on any atom is -0.466 e. The monoisotopic (exact) mass is 336 g/mol. The summed E-state index contributed by atoms with van der Waals surface area (Å²) in [5, 5.41) is 0. The maximum atomic E-state index is 11.4. The molecule has 0 aromatic carbocycles. The van der Waals surface area contributed by atoms with Crippen LogP contribution in [0.3, 0.4) is 0 Å². The molecule has 0 aromatic heterocycles. The van der Waals surface area contributed by atoms with Crippen molar-refractivity contribution in [3.63, 3.8) is 0 Å². The molecule has 3 nitrogen and oxygen atoms in total. The average molecular weight is 337 g/mol. The summed E-state index contributed by atoms with van der Waals surface area (Å²) in [4.78, 5) is 21.2. The van der Waals surface area contributed by atoms with E-state index in [1.165, 1.54) is 57.4 Å². The van der Waals surface area contributed by atoms with Crippen molar-refractivity contribution < 1.29 is 14.3 Å². The third-order valence-corrected chi connectivity index (χ3v) is 4.43. The van der Waals surface area contributed by atoms with Crippen molar-refractivity contribution in [2.45, 2.75) is 78.6 Å². The van der Waals surface area contributed by atoms with Gasteiger partial charge in [0.2, 0.25) is 0 Å². The molecular formula is C21H36O3. The van der Waals surface area contributed by atoms with E-state index in [4.69, 9.17) is 4.74 Å². The molecule has 24 heavy (non-hydrogen) atoms. The molecule has 0 amide bonds. The Morgan fingerprint density at radius 2 is 1.79 bits per heavy atom. The van der Waals surface area contributed by atoms with Crippen molar-refractivity contribution in [1.29, 1.82) is 0 Å². The first kappa shape index (κ1) is 22.6. The molecule has 0 aromatic rings. The minimum absolute atomic E-state index is 0.00519. The molecule has 1 saturated carbocycles. The van der Waals surface area contributed by atoms with Crippen LogP contribution in [0.2, 0.25) is 0 Å². The Morgan fingerprint density at radius 3 is 2.38 bits per heavy atom. The van der Waals surface area contributed by atoms with Gasteiger partial charge < -0.3 is 4.74 Å². The Kier molecular flexibility index (Phi) is 15.5. The van der Waals surface area contributed by atoms with Crippen molar-refractivity contribution >= 4 is 12.3 Å². The molecule has 1 rings (SSSR count). The molecular weight excluding hydrogens is 300 g/mol. The summed E-state index contributed by atoms with van der Waals surface area (Å²) >= 11 is 0. The molecule has 0 bridgehead atoms. The predicted molar refractivity (Wildman–Crippen MR) is 101 cm³/mol. The quantitative estimate of drug-likeness (QED) is 0.180. The third-order valence-electron chi connectivity index (χ3n) is 4.43. The number of hydrogen-bond donors (Lipinski definition) is 0. The van der Waals surface area contributed by atoms with Gasteiger partial charge in [-0.15, -0.1) is 0 Å². The highest BCUT2D eigenvalue weighted by molar-refractivity contribution is 5.72. The van der Waals surface area contributed by atoms with Crippen molar-refractivity contribution in [2.24, 2.45) is 11.8 Å². The lowest BCUT2D eigenvalue weighted by Crippen LogP contribution is -2.24. The summed E-state index contributed by atoms with van der Waals surface area (Å²) in [7, 11) is 0. The number of rotatable bonds is 9. The third kappa shape index (κ3) is 12.1. The molecule has 0 saturated heterocycles. The molecule has 0 aliphatic heterocycles. The zero-order valence-electron chi connectivity index (χ0n) is 15.8. The average Bonchev–Trinajstić information content (AvgIpc) is 2.62. The second-order valence-electron chi connectivity index (χ2n) is 6.38. The number of carbonyl (C=O) groups is 2. The van der Waals surface area contributed by atoms with Crippen LogP contribution in [-0.2, 0) is 14.3 Å². The van der Waals surface area contributed by atoms with E-state index in [1.54, 1.807) is 6.08 Å². The second kappa shape index (κ2) is 16.5. The van der Waals surface area contributed by atoms with Crippen LogP contribution in [0.5, 0.6) is 0 Å². The minimum atomic E-state index is -0.00519. The van der Waals surface area contributed by atoms with Gasteiger partial charge in [0, 0.05) is 0 Å². The SMILES string of the molecule is CCCCC/C=C/C=C/C=O.CCOC(=O)C(C)C1CCCCC1. The van der Waals surface area contributed by atoms with E-state index in [0.29, 0.717) is 12.5 Å². The van der Waals surface area contributed by atoms with E-state index < -0.39 is 0 Å². The van der Waals surface area contributed by atoms with E-state index >= 15 is 0 Å². The highest BCUT2D eigenvalue weighted by Gasteiger charge is 2.26. The van der Waals surface area contributed by atoms with Crippen LogP contribution in [0.15, 0.2) is 24.3 Å². The first-order valence-corrected chi connectivity index (χ1v) is 9.60. The number of allylic oxidation sites excluding steroid dienone is 4.